The quantitative estimate of drug-likeness (QED) is 0.610. The number of fused-ring (bicyclic) bond motifs is 1. The third kappa shape index (κ3) is 3.60. The number of rotatable bonds is 7. The molecule has 3 aromatic rings. The lowest BCUT2D eigenvalue weighted by molar-refractivity contribution is -0.135. The number of amides is 1. The van der Waals surface area contributed by atoms with E-state index in [1.807, 2.05) is 43.3 Å². The van der Waals surface area contributed by atoms with Gasteiger partial charge in [-0.15, -0.1) is 0 Å². The van der Waals surface area contributed by atoms with Gasteiger partial charge >= 0.3 is 0 Å². The van der Waals surface area contributed by atoms with E-state index in [4.69, 9.17) is 4.74 Å². The highest BCUT2D eigenvalue weighted by molar-refractivity contribution is 6.10. The van der Waals surface area contributed by atoms with Gasteiger partial charge in [-0.3, -0.25) is 9.59 Å². The molecule has 1 heterocycles. The van der Waals surface area contributed by atoms with Crippen molar-refractivity contribution in [3.63, 3.8) is 0 Å². The number of Topliss-reactive ketones (excluding diaryl/α,β-unsaturated/α-hetero) is 1. The van der Waals surface area contributed by atoms with Crippen LogP contribution in [0.3, 0.4) is 0 Å². The number of anilines is 1. The summed E-state index contributed by atoms with van der Waals surface area (Å²) < 4.78 is 5.84. The Kier molecular flexibility index (Phi) is 5.38. The monoisotopic (exact) mass is 401 g/mol. The molecule has 5 heteroatoms. The molecular weight excluding hydrogens is 378 g/mol. The third-order valence-electron chi connectivity index (χ3n) is 5.42. The first-order chi connectivity index (χ1) is 14.5. The maximum atomic E-state index is 13.2. The van der Waals surface area contributed by atoms with Gasteiger partial charge in [-0.1, -0.05) is 66.7 Å². The molecule has 1 amide bonds. The van der Waals surface area contributed by atoms with Crippen LogP contribution in [0, 0.1) is 6.92 Å². The number of carbonyl (C=O) groups is 2. The van der Waals surface area contributed by atoms with E-state index < -0.39 is 11.5 Å². The van der Waals surface area contributed by atoms with Crippen LogP contribution in [-0.2, 0) is 10.4 Å². The summed E-state index contributed by atoms with van der Waals surface area (Å²) in [4.78, 5) is 27.5. The van der Waals surface area contributed by atoms with Gasteiger partial charge in [-0.25, -0.2) is 0 Å². The Morgan fingerprint density at radius 1 is 0.967 bits per heavy atom. The second-order valence-electron chi connectivity index (χ2n) is 7.41. The molecule has 0 fully saturated rings. The molecule has 0 bridgehead atoms. The predicted molar refractivity (Wildman–Crippen MR) is 115 cm³/mol. The number of aryl methyl sites for hydroxylation is 1. The number of aliphatic hydroxyl groups is 1. The Morgan fingerprint density at radius 2 is 1.63 bits per heavy atom. The zero-order valence-electron chi connectivity index (χ0n) is 16.7. The number of carbonyl (C=O) groups excluding carboxylic acids is 2. The lowest BCUT2D eigenvalue weighted by atomic mass is 9.88. The van der Waals surface area contributed by atoms with Gasteiger partial charge in [0, 0.05) is 11.1 Å². The highest BCUT2D eigenvalue weighted by Crippen LogP contribution is 2.42. The van der Waals surface area contributed by atoms with Crippen LogP contribution in [0.15, 0.2) is 78.9 Å². The fourth-order valence-corrected chi connectivity index (χ4v) is 3.82. The maximum absolute atomic E-state index is 13.2. The first-order valence-corrected chi connectivity index (χ1v) is 9.91. The summed E-state index contributed by atoms with van der Waals surface area (Å²) in [6.45, 7) is 2.50. The lowest BCUT2D eigenvalue weighted by Gasteiger charge is -2.23. The Hall–Kier alpha value is -3.44. The highest BCUT2D eigenvalue weighted by atomic mass is 16.5. The number of hydrogen-bond acceptors (Lipinski definition) is 4. The van der Waals surface area contributed by atoms with Crippen LogP contribution in [0.1, 0.15) is 27.9 Å². The number of benzene rings is 3. The molecule has 0 saturated heterocycles. The molecule has 5 nitrogen and oxygen atoms in total. The summed E-state index contributed by atoms with van der Waals surface area (Å²) >= 11 is 0. The Bertz CT molecular complexity index is 1080. The SMILES string of the molecule is Cc1ccccc1OCCN1C(=O)C(O)(CC(=O)c2ccccc2)c2ccccc21. The number of ether oxygens (including phenoxy) is 1. The van der Waals surface area contributed by atoms with Gasteiger partial charge in [-0.2, -0.15) is 0 Å². The van der Waals surface area contributed by atoms with Crippen molar-refractivity contribution in [2.45, 2.75) is 18.9 Å². The molecular formula is C25H23NO4. The van der Waals surface area contributed by atoms with E-state index in [1.54, 1.807) is 42.5 Å². The number of nitrogens with zero attached hydrogens (tertiary/aromatic N) is 1. The third-order valence-corrected chi connectivity index (χ3v) is 5.42. The van der Waals surface area contributed by atoms with Crippen molar-refractivity contribution in [1.82, 2.24) is 0 Å². The molecule has 3 aromatic carbocycles. The van der Waals surface area contributed by atoms with Crippen LogP contribution < -0.4 is 9.64 Å². The van der Waals surface area contributed by atoms with Crippen LogP contribution in [0.4, 0.5) is 5.69 Å². The fourth-order valence-electron chi connectivity index (χ4n) is 3.82. The van der Waals surface area contributed by atoms with Gasteiger partial charge in [0.25, 0.3) is 5.91 Å². The summed E-state index contributed by atoms with van der Waals surface area (Å²) in [5.41, 5.74) is 0.661. The normalized spacial score (nSPS) is 17.7. The minimum absolute atomic E-state index is 0.270. The largest absolute Gasteiger partial charge is 0.491 e. The van der Waals surface area contributed by atoms with Gasteiger partial charge in [0.15, 0.2) is 11.4 Å². The predicted octanol–water partition coefficient (Wildman–Crippen LogP) is 3.88. The Morgan fingerprint density at radius 3 is 2.40 bits per heavy atom. The van der Waals surface area contributed by atoms with Gasteiger partial charge in [0.1, 0.15) is 12.4 Å². The van der Waals surface area contributed by atoms with E-state index in [0.717, 1.165) is 11.3 Å². The summed E-state index contributed by atoms with van der Waals surface area (Å²) in [5.74, 6) is -0.0208. The van der Waals surface area contributed by atoms with Crippen LogP contribution >= 0.6 is 0 Å². The Labute approximate surface area is 175 Å². The standard InChI is InChI=1S/C25H23NO4/c1-18-9-5-8-14-23(18)30-16-15-26-21-13-7-6-12-20(21)25(29,24(26)28)17-22(27)19-10-3-2-4-11-19/h2-14,29H,15-17H2,1H3. The van der Waals surface area contributed by atoms with Crippen molar-refractivity contribution < 1.29 is 19.4 Å². The molecule has 0 aliphatic carbocycles. The molecule has 1 aliphatic rings. The topological polar surface area (TPSA) is 66.8 Å². The smallest absolute Gasteiger partial charge is 0.264 e. The maximum Gasteiger partial charge on any atom is 0.264 e. The summed E-state index contributed by atoms with van der Waals surface area (Å²) in [7, 11) is 0. The van der Waals surface area contributed by atoms with E-state index in [1.165, 1.54) is 4.90 Å². The molecule has 1 atom stereocenters. The van der Waals surface area contributed by atoms with Crippen molar-refractivity contribution in [1.29, 1.82) is 0 Å². The van der Waals surface area contributed by atoms with Crippen LogP contribution in [0.2, 0.25) is 0 Å². The highest BCUT2D eigenvalue weighted by Gasteiger charge is 2.50. The van der Waals surface area contributed by atoms with E-state index in [9.17, 15) is 14.7 Å². The van der Waals surface area contributed by atoms with Gasteiger partial charge < -0.3 is 14.7 Å². The first-order valence-electron chi connectivity index (χ1n) is 9.91. The zero-order chi connectivity index (χ0) is 21.1. The first kappa shape index (κ1) is 19.9. The van der Waals surface area contributed by atoms with E-state index in [-0.39, 0.29) is 25.4 Å². The molecule has 1 unspecified atom stereocenters. The molecule has 1 aliphatic heterocycles. The second kappa shape index (κ2) is 8.13. The molecule has 0 radical (unpaired) electrons. The molecule has 0 saturated carbocycles. The zero-order valence-corrected chi connectivity index (χ0v) is 16.7. The van der Waals surface area contributed by atoms with Crippen molar-refractivity contribution in [2.75, 3.05) is 18.1 Å². The number of para-hydroxylation sites is 2. The van der Waals surface area contributed by atoms with Crippen molar-refractivity contribution in [2.24, 2.45) is 0 Å². The molecule has 0 spiro atoms. The average Bonchev–Trinajstić information content (AvgIpc) is 2.97. The minimum atomic E-state index is -1.88. The van der Waals surface area contributed by atoms with Gasteiger partial charge in [-0.05, 0) is 24.6 Å². The molecule has 152 valence electrons. The van der Waals surface area contributed by atoms with Crippen molar-refractivity contribution in [3.05, 3.63) is 95.6 Å². The number of hydrogen-bond donors (Lipinski definition) is 1. The average molecular weight is 401 g/mol. The summed E-state index contributed by atoms with van der Waals surface area (Å²) in [6, 6.07) is 23.4. The molecule has 30 heavy (non-hydrogen) atoms. The van der Waals surface area contributed by atoms with E-state index in [2.05, 4.69) is 0 Å². The number of ketones is 1. The van der Waals surface area contributed by atoms with Crippen LogP contribution in [0.5, 0.6) is 5.75 Å². The van der Waals surface area contributed by atoms with Crippen LogP contribution in [0.25, 0.3) is 0 Å². The van der Waals surface area contributed by atoms with Crippen LogP contribution in [-0.4, -0.2) is 29.9 Å². The van der Waals surface area contributed by atoms with Crippen molar-refractivity contribution in [3.8, 4) is 5.75 Å². The molecule has 0 aromatic heterocycles. The fraction of sp³-hybridized carbons (Fsp3) is 0.200. The van der Waals surface area contributed by atoms with E-state index >= 15 is 0 Å². The summed E-state index contributed by atoms with van der Waals surface area (Å²) in [6.07, 6.45) is -0.304. The van der Waals surface area contributed by atoms with Gasteiger partial charge in [0.05, 0.1) is 18.7 Å². The van der Waals surface area contributed by atoms with Crippen molar-refractivity contribution >= 4 is 17.4 Å². The second-order valence-corrected chi connectivity index (χ2v) is 7.41. The Balaban J connectivity index is 1.54. The molecule has 4 rings (SSSR count). The van der Waals surface area contributed by atoms with Gasteiger partial charge in [0.2, 0.25) is 0 Å². The van der Waals surface area contributed by atoms with E-state index in [0.29, 0.717) is 16.8 Å². The summed E-state index contributed by atoms with van der Waals surface area (Å²) in [5, 5.41) is 11.3. The minimum Gasteiger partial charge on any atom is -0.491 e. The molecule has 1 N–H and O–H groups in total. The lowest BCUT2D eigenvalue weighted by Crippen LogP contribution is -2.43.